The van der Waals surface area contributed by atoms with Gasteiger partial charge in [0, 0.05) is 27.1 Å². The number of carbonyl (C=O) groups excluding carboxylic acids is 2. The average Bonchev–Trinajstić information content (AvgIpc) is 2.63. The van der Waals surface area contributed by atoms with E-state index in [1.54, 1.807) is 24.3 Å². The fraction of sp³-hybridized carbons (Fsp3) is 0.429. The largest absolute Gasteiger partial charge is 0.348 e. The van der Waals surface area contributed by atoms with E-state index in [4.69, 9.17) is 0 Å². The highest BCUT2D eigenvalue weighted by Crippen LogP contribution is 2.31. The molecule has 1 aromatic rings. The lowest BCUT2D eigenvalue weighted by atomic mass is 10.2. The predicted molar refractivity (Wildman–Crippen MR) is 84.1 cm³/mol. The first-order chi connectivity index (χ1) is 10.2. The molecule has 8 heteroatoms. The minimum Gasteiger partial charge on any atom is -0.348 e. The van der Waals surface area contributed by atoms with Gasteiger partial charge in [-0.05, 0) is 19.1 Å². The third-order valence-corrected chi connectivity index (χ3v) is 5.62. The lowest BCUT2D eigenvalue weighted by molar-refractivity contribution is -0.127. The van der Waals surface area contributed by atoms with Crippen LogP contribution in [0.5, 0.6) is 0 Å². The van der Waals surface area contributed by atoms with E-state index in [-0.39, 0.29) is 18.9 Å². The second kappa shape index (κ2) is 5.96. The molecule has 0 bridgehead atoms. The Labute approximate surface area is 129 Å². The molecule has 1 heterocycles. The zero-order valence-corrected chi connectivity index (χ0v) is 13.6. The van der Waals surface area contributed by atoms with Crippen molar-refractivity contribution in [2.75, 3.05) is 30.3 Å². The van der Waals surface area contributed by atoms with Gasteiger partial charge in [0.15, 0.2) is 5.25 Å². The number of anilines is 2. The Balaban J connectivity index is 2.47. The van der Waals surface area contributed by atoms with Gasteiger partial charge in [0.05, 0.1) is 11.4 Å². The average molecular weight is 325 g/mol. The molecule has 0 spiro atoms. The molecule has 2 rings (SSSR count). The number of fused-ring (bicyclic) bond motifs is 1. The number of sulfonamides is 1. The Hall–Kier alpha value is -2.09. The third kappa shape index (κ3) is 2.92. The SMILES string of the molecule is C[C@@H](C(=O)N(C)C)S(=O)(=O)N1CCC(=O)Nc2ccccc21. The highest BCUT2D eigenvalue weighted by atomic mass is 32.2. The van der Waals surface area contributed by atoms with Crippen LogP contribution in [0.15, 0.2) is 24.3 Å². The van der Waals surface area contributed by atoms with Crippen LogP contribution in [0.4, 0.5) is 11.4 Å². The second-order valence-electron chi connectivity index (χ2n) is 5.31. The van der Waals surface area contributed by atoms with Crippen LogP contribution in [0.2, 0.25) is 0 Å². The molecule has 0 aliphatic carbocycles. The fourth-order valence-electron chi connectivity index (χ4n) is 2.28. The summed E-state index contributed by atoms with van der Waals surface area (Å²) >= 11 is 0. The van der Waals surface area contributed by atoms with Crippen molar-refractivity contribution in [3.63, 3.8) is 0 Å². The molecule has 0 radical (unpaired) electrons. The molecular weight excluding hydrogens is 306 g/mol. The number of para-hydroxylation sites is 2. The summed E-state index contributed by atoms with van der Waals surface area (Å²) in [6.07, 6.45) is 0.0385. The molecule has 7 nitrogen and oxygen atoms in total. The van der Waals surface area contributed by atoms with Crippen LogP contribution in [0.25, 0.3) is 0 Å². The van der Waals surface area contributed by atoms with E-state index in [1.807, 2.05) is 0 Å². The van der Waals surface area contributed by atoms with Gasteiger partial charge in [0.2, 0.25) is 21.8 Å². The number of amides is 2. The molecule has 1 aliphatic heterocycles. The first kappa shape index (κ1) is 16.3. The van der Waals surface area contributed by atoms with Crippen LogP contribution < -0.4 is 9.62 Å². The second-order valence-corrected chi connectivity index (χ2v) is 7.49. The summed E-state index contributed by atoms with van der Waals surface area (Å²) in [6.45, 7) is 1.37. The molecule has 2 amide bonds. The molecule has 0 unspecified atom stereocenters. The van der Waals surface area contributed by atoms with Gasteiger partial charge in [0.1, 0.15) is 0 Å². The normalized spacial score (nSPS) is 16.3. The van der Waals surface area contributed by atoms with Gasteiger partial charge in [-0.2, -0.15) is 0 Å². The number of hydrogen-bond donors (Lipinski definition) is 1. The lowest BCUT2D eigenvalue weighted by Gasteiger charge is -2.27. The maximum absolute atomic E-state index is 12.8. The highest BCUT2D eigenvalue weighted by Gasteiger charge is 2.37. The molecule has 0 saturated heterocycles. The molecule has 0 fully saturated rings. The number of rotatable bonds is 3. The first-order valence-electron chi connectivity index (χ1n) is 6.86. The van der Waals surface area contributed by atoms with Crippen molar-refractivity contribution in [2.45, 2.75) is 18.6 Å². The minimum atomic E-state index is -3.92. The van der Waals surface area contributed by atoms with E-state index < -0.39 is 21.2 Å². The summed E-state index contributed by atoms with van der Waals surface area (Å²) in [4.78, 5) is 25.0. The Kier molecular flexibility index (Phi) is 4.41. The van der Waals surface area contributed by atoms with E-state index in [2.05, 4.69) is 5.32 Å². The van der Waals surface area contributed by atoms with Crippen molar-refractivity contribution in [1.82, 2.24) is 4.90 Å². The summed E-state index contributed by atoms with van der Waals surface area (Å²) in [5.74, 6) is -0.752. The third-order valence-electron chi connectivity index (χ3n) is 3.53. The van der Waals surface area contributed by atoms with Crippen molar-refractivity contribution in [3.8, 4) is 0 Å². The van der Waals surface area contributed by atoms with Crippen molar-refractivity contribution >= 4 is 33.2 Å². The van der Waals surface area contributed by atoms with Crippen molar-refractivity contribution in [2.24, 2.45) is 0 Å². The van der Waals surface area contributed by atoms with E-state index in [1.165, 1.54) is 25.9 Å². The van der Waals surface area contributed by atoms with Gasteiger partial charge in [-0.1, -0.05) is 12.1 Å². The summed E-state index contributed by atoms with van der Waals surface area (Å²) in [6, 6.07) is 6.66. The van der Waals surface area contributed by atoms with Crippen molar-refractivity contribution in [3.05, 3.63) is 24.3 Å². The molecule has 1 aromatic carbocycles. The monoisotopic (exact) mass is 325 g/mol. The molecule has 1 atom stereocenters. The van der Waals surface area contributed by atoms with Gasteiger partial charge >= 0.3 is 0 Å². The predicted octanol–water partition coefficient (Wildman–Crippen LogP) is 0.642. The van der Waals surface area contributed by atoms with Crippen LogP contribution in [-0.4, -0.2) is 51.0 Å². The van der Waals surface area contributed by atoms with Gasteiger partial charge in [-0.15, -0.1) is 0 Å². The van der Waals surface area contributed by atoms with Gasteiger partial charge in [-0.3, -0.25) is 13.9 Å². The molecule has 22 heavy (non-hydrogen) atoms. The molecule has 0 aromatic heterocycles. The fourth-order valence-corrected chi connectivity index (χ4v) is 3.91. The summed E-state index contributed by atoms with van der Waals surface area (Å²) in [5, 5.41) is 1.46. The molecule has 1 aliphatic rings. The first-order valence-corrected chi connectivity index (χ1v) is 8.37. The van der Waals surface area contributed by atoms with Gasteiger partial charge in [0.25, 0.3) is 0 Å². The van der Waals surface area contributed by atoms with Crippen LogP contribution >= 0.6 is 0 Å². The van der Waals surface area contributed by atoms with E-state index >= 15 is 0 Å². The Morgan fingerprint density at radius 2 is 1.95 bits per heavy atom. The maximum atomic E-state index is 12.8. The van der Waals surface area contributed by atoms with E-state index in [0.29, 0.717) is 11.4 Å². The number of carbonyl (C=O) groups is 2. The van der Waals surface area contributed by atoms with E-state index in [0.717, 1.165) is 4.31 Å². The number of nitrogens with zero attached hydrogens (tertiary/aromatic N) is 2. The number of hydrogen-bond acceptors (Lipinski definition) is 4. The topological polar surface area (TPSA) is 86.8 Å². The van der Waals surface area contributed by atoms with Gasteiger partial charge in [-0.25, -0.2) is 8.42 Å². The van der Waals surface area contributed by atoms with Gasteiger partial charge < -0.3 is 10.2 Å². The van der Waals surface area contributed by atoms with Crippen molar-refractivity contribution < 1.29 is 18.0 Å². The standard InChI is InChI=1S/C14H19N3O4S/c1-10(14(19)16(2)3)22(20,21)17-9-8-13(18)15-11-6-4-5-7-12(11)17/h4-7,10H,8-9H2,1-3H3,(H,15,18)/t10-/m0/s1. The zero-order chi connectivity index (χ0) is 16.5. The Morgan fingerprint density at radius 1 is 1.32 bits per heavy atom. The molecule has 120 valence electrons. The van der Waals surface area contributed by atoms with E-state index in [9.17, 15) is 18.0 Å². The van der Waals surface area contributed by atoms with Crippen molar-refractivity contribution in [1.29, 1.82) is 0 Å². The van der Waals surface area contributed by atoms with Crippen LogP contribution in [-0.2, 0) is 19.6 Å². The zero-order valence-electron chi connectivity index (χ0n) is 12.7. The Morgan fingerprint density at radius 3 is 2.59 bits per heavy atom. The summed E-state index contributed by atoms with van der Waals surface area (Å²) < 4.78 is 26.7. The quantitative estimate of drug-likeness (QED) is 0.883. The number of nitrogens with one attached hydrogen (secondary N) is 1. The Bertz CT molecular complexity index is 700. The molecular formula is C14H19N3O4S. The smallest absolute Gasteiger partial charge is 0.246 e. The minimum absolute atomic E-state index is 0.0101. The summed E-state index contributed by atoms with van der Waals surface area (Å²) in [7, 11) is -0.897. The van der Waals surface area contributed by atoms with Crippen LogP contribution in [0.3, 0.4) is 0 Å². The molecule has 0 saturated carbocycles. The van der Waals surface area contributed by atoms with Crippen LogP contribution in [0, 0.1) is 0 Å². The summed E-state index contributed by atoms with van der Waals surface area (Å²) in [5.41, 5.74) is 0.810. The highest BCUT2D eigenvalue weighted by molar-refractivity contribution is 7.94. The number of benzene rings is 1. The van der Waals surface area contributed by atoms with Crippen LogP contribution in [0.1, 0.15) is 13.3 Å². The maximum Gasteiger partial charge on any atom is 0.246 e. The lowest BCUT2D eigenvalue weighted by Crippen LogP contribution is -2.45. The molecule has 1 N–H and O–H groups in total.